The Labute approximate surface area is 118 Å². The van der Waals surface area contributed by atoms with Gasteiger partial charge in [-0.1, -0.05) is 43.0 Å². The molecule has 1 amide bonds. The molecule has 0 unspecified atom stereocenters. The van der Waals surface area contributed by atoms with E-state index in [1.807, 2.05) is 0 Å². The van der Waals surface area contributed by atoms with E-state index in [4.69, 9.17) is 10.9 Å². The van der Waals surface area contributed by atoms with E-state index in [-0.39, 0.29) is 17.8 Å². The minimum atomic E-state index is -0.0528. The lowest BCUT2D eigenvalue weighted by atomic mass is 10.1. The number of hydrogen-bond acceptors (Lipinski definition) is 3. The molecule has 0 aromatic heterocycles. The molecule has 1 saturated carbocycles. The van der Waals surface area contributed by atoms with Crippen molar-refractivity contribution in [3.05, 3.63) is 35.4 Å². The van der Waals surface area contributed by atoms with Gasteiger partial charge in [0.15, 0.2) is 5.84 Å². The standard InChI is InChI=1S/C15H21N3O2/c16-14(18-20)11-7-9-12(10-8-11)15(19)17-13-5-3-1-2-4-6-13/h7-10,13,20H,1-6H2,(H2,16,18)(H,17,19). The molecule has 0 spiro atoms. The topological polar surface area (TPSA) is 87.7 Å². The Hall–Kier alpha value is -2.04. The van der Waals surface area contributed by atoms with E-state index in [1.54, 1.807) is 24.3 Å². The number of rotatable bonds is 3. The van der Waals surface area contributed by atoms with Crippen molar-refractivity contribution in [3.8, 4) is 0 Å². The molecular weight excluding hydrogens is 254 g/mol. The Kier molecular flexibility index (Phi) is 4.98. The first-order valence-electron chi connectivity index (χ1n) is 7.09. The molecule has 0 saturated heterocycles. The molecule has 20 heavy (non-hydrogen) atoms. The van der Waals surface area contributed by atoms with Crippen molar-refractivity contribution in [2.45, 2.75) is 44.6 Å². The number of carbonyl (C=O) groups excluding carboxylic acids is 1. The number of benzene rings is 1. The van der Waals surface area contributed by atoms with E-state index in [9.17, 15) is 4.79 Å². The van der Waals surface area contributed by atoms with Gasteiger partial charge in [-0.25, -0.2) is 0 Å². The summed E-state index contributed by atoms with van der Waals surface area (Å²) in [5.41, 5.74) is 6.68. The molecular formula is C15H21N3O2. The maximum absolute atomic E-state index is 12.2. The normalized spacial score (nSPS) is 17.5. The van der Waals surface area contributed by atoms with Crippen LogP contribution in [0.5, 0.6) is 0 Å². The number of carbonyl (C=O) groups is 1. The fourth-order valence-electron chi connectivity index (χ4n) is 2.54. The lowest BCUT2D eigenvalue weighted by Crippen LogP contribution is -2.34. The second-order valence-corrected chi connectivity index (χ2v) is 5.22. The second-order valence-electron chi connectivity index (χ2n) is 5.22. The monoisotopic (exact) mass is 275 g/mol. The van der Waals surface area contributed by atoms with Crippen molar-refractivity contribution >= 4 is 11.7 Å². The molecule has 1 aliphatic rings. The molecule has 4 N–H and O–H groups in total. The maximum atomic E-state index is 12.2. The molecule has 1 fully saturated rings. The molecule has 0 radical (unpaired) electrons. The van der Waals surface area contributed by atoms with Crippen molar-refractivity contribution in [3.63, 3.8) is 0 Å². The van der Waals surface area contributed by atoms with Crippen molar-refractivity contribution in [2.75, 3.05) is 0 Å². The average molecular weight is 275 g/mol. The molecule has 0 bridgehead atoms. The van der Waals surface area contributed by atoms with E-state index in [0.717, 1.165) is 12.8 Å². The van der Waals surface area contributed by atoms with Gasteiger partial charge in [-0.15, -0.1) is 0 Å². The molecule has 1 aliphatic carbocycles. The fraction of sp³-hybridized carbons (Fsp3) is 0.467. The first kappa shape index (κ1) is 14.4. The molecule has 1 aromatic rings. The Morgan fingerprint density at radius 1 is 1.10 bits per heavy atom. The number of nitrogens with zero attached hydrogens (tertiary/aromatic N) is 1. The number of hydrogen-bond donors (Lipinski definition) is 3. The predicted octanol–water partition coefficient (Wildman–Crippen LogP) is 2.23. The quantitative estimate of drug-likeness (QED) is 0.260. The molecule has 108 valence electrons. The smallest absolute Gasteiger partial charge is 0.251 e. The number of amidine groups is 1. The Morgan fingerprint density at radius 3 is 2.20 bits per heavy atom. The van der Waals surface area contributed by atoms with Gasteiger partial charge >= 0.3 is 0 Å². The van der Waals surface area contributed by atoms with Crippen LogP contribution in [-0.4, -0.2) is 23.0 Å². The summed E-state index contributed by atoms with van der Waals surface area (Å²) in [4.78, 5) is 12.2. The Morgan fingerprint density at radius 2 is 1.65 bits per heavy atom. The van der Waals surface area contributed by atoms with E-state index in [1.165, 1.54) is 25.7 Å². The van der Waals surface area contributed by atoms with Gasteiger partial charge in [-0.3, -0.25) is 4.79 Å². The highest BCUT2D eigenvalue weighted by molar-refractivity contribution is 5.99. The van der Waals surface area contributed by atoms with Gasteiger partial charge in [-0.05, 0) is 25.0 Å². The highest BCUT2D eigenvalue weighted by atomic mass is 16.4. The van der Waals surface area contributed by atoms with Crippen LogP contribution in [0.4, 0.5) is 0 Å². The van der Waals surface area contributed by atoms with Crippen LogP contribution in [0.15, 0.2) is 29.4 Å². The van der Waals surface area contributed by atoms with Crippen molar-refractivity contribution < 1.29 is 10.0 Å². The molecule has 0 heterocycles. The Balaban J connectivity index is 1.98. The van der Waals surface area contributed by atoms with Crippen LogP contribution in [0, 0.1) is 0 Å². The van der Waals surface area contributed by atoms with Gasteiger partial charge in [0, 0.05) is 17.2 Å². The summed E-state index contributed by atoms with van der Waals surface area (Å²) < 4.78 is 0. The van der Waals surface area contributed by atoms with Gasteiger partial charge in [0.1, 0.15) is 0 Å². The van der Waals surface area contributed by atoms with Crippen molar-refractivity contribution in [2.24, 2.45) is 10.9 Å². The maximum Gasteiger partial charge on any atom is 0.251 e. The number of nitrogens with two attached hydrogens (primary N) is 1. The van der Waals surface area contributed by atoms with Crippen LogP contribution in [0.25, 0.3) is 0 Å². The van der Waals surface area contributed by atoms with E-state index >= 15 is 0 Å². The summed E-state index contributed by atoms with van der Waals surface area (Å²) in [6.07, 6.45) is 7.03. The largest absolute Gasteiger partial charge is 0.409 e. The Bertz CT molecular complexity index is 474. The summed E-state index contributed by atoms with van der Waals surface area (Å²) in [7, 11) is 0. The number of oxime groups is 1. The van der Waals surface area contributed by atoms with Gasteiger partial charge in [0.05, 0.1) is 0 Å². The zero-order valence-electron chi connectivity index (χ0n) is 11.5. The van der Waals surface area contributed by atoms with Gasteiger partial charge in [0.25, 0.3) is 5.91 Å². The highest BCUT2D eigenvalue weighted by Crippen LogP contribution is 2.17. The number of nitrogens with one attached hydrogen (secondary N) is 1. The van der Waals surface area contributed by atoms with Crippen LogP contribution in [0.1, 0.15) is 54.4 Å². The van der Waals surface area contributed by atoms with Crippen LogP contribution >= 0.6 is 0 Å². The van der Waals surface area contributed by atoms with Crippen LogP contribution in [0.3, 0.4) is 0 Å². The van der Waals surface area contributed by atoms with Gasteiger partial charge in [-0.2, -0.15) is 0 Å². The third-order valence-corrected chi connectivity index (χ3v) is 3.74. The zero-order chi connectivity index (χ0) is 14.4. The molecule has 5 heteroatoms. The third kappa shape index (κ3) is 3.73. The van der Waals surface area contributed by atoms with Crippen molar-refractivity contribution in [1.29, 1.82) is 0 Å². The van der Waals surface area contributed by atoms with Gasteiger partial charge < -0.3 is 16.3 Å². The minimum absolute atomic E-state index is 0.0423. The van der Waals surface area contributed by atoms with Crippen LogP contribution < -0.4 is 11.1 Å². The molecule has 0 atom stereocenters. The van der Waals surface area contributed by atoms with Crippen LogP contribution in [0.2, 0.25) is 0 Å². The SMILES string of the molecule is N/C(=N\O)c1ccc(C(=O)NC2CCCCCC2)cc1. The third-order valence-electron chi connectivity index (χ3n) is 3.74. The summed E-state index contributed by atoms with van der Waals surface area (Å²) in [5.74, 6) is -0.0105. The summed E-state index contributed by atoms with van der Waals surface area (Å²) in [6, 6.07) is 7.03. The first-order chi connectivity index (χ1) is 9.70. The molecule has 1 aromatic carbocycles. The lowest BCUT2D eigenvalue weighted by Gasteiger charge is -2.16. The van der Waals surface area contributed by atoms with Gasteiger partial charge in [0.2, 0.25) is 0 Å². The minimum Gasteiger partial charge on any atom is -0.409 e. The van der Waals surface area contributed by atoms with E-state index in [2.05, 4.69) is 10.5 Å². The molecule has 5 nitrogen and oxygen atoms in total. The number of amides is 1. The second kappa shape index (κ2) is 6.93. The first-order valence-corrected chi connectivity index (χ1v) is 7.09. The summed E-state index contributed by atoms with van der Waals surface area (Å²) >= 11 is 0. The summed E-state index contributed by atoms with van der Waals surface area (Å²) in [6.45, 7) is 0. The zero-order valence-corrected chi connectivity index (χ0v) is 11.5. The lowest BCUT2D eigenvalue weighted by molar-refractivity contribution is 0.0933. The molecule has 2 rings (SSSR count). The van der Waals surface area contributed by atoms with Crippen LogP contribution in [-0.2, 0) is 0 Å². The molecule has 0 aliphatic heterocycles. The van der Waals surface area contributed by atoms with Crippen molar-refractivity contribution in [1.82, 2.24) is 5.32 Å². The summed E-state index contributed by atoms with van der Waals surface area (Å²) in [5, 5.41) is 14.6. The average Bonchev–Trinajstić information content (AvgIpc) is 2.75. The predicted molar refractivity (Wildman–Crippen MR) is 77.9 cm³/mol. The van der Waals surface area contributed by atoms with E-state index in [0.29, 0.717) is 11.1 Å². The van der Waals surface area contributed by atoms with E-state index < -0.39 is 0 Å². The highest BCUT2D eigenvalue weighted by Gasteiger charge is 2.15. The fourth-order valence-corrected chi connectivity index (χ4v) is 2.54.